The zero-order valence-corrected chi connectivity index (χ0v) is 14.3. The van der Waals surface area contributed by atoms with Gasteiger partial charge in [0.2, 0.25) is 11.8 Å². The molecule has 8 heteroatoms. The smallest absolute Gasteiger partial charge is 0.218 e. The van der Waals surface area contributed by atoms with E-state index in [-0.39, 0.29) is 0 Å². The maximum atomic E-state index is 5.44. The van der Waals surface area contributed by atoms with Crippen LogP contribution < -0.4 is 15.8 Å². The van der Waals surface area contributed by atoms with Crippen LogP contribution in [0.4, 0.5) is 11.8 Å². The van der Waals surface area contributed by atoms with Crippen LogP contribution in [-0.4, -0.2) is 38.4 Å². The van der Waals surface area contributed by atoms with E-state index in [0.29, 0.717) is 11.8 Å². The molecule has 0 aromatic carbocycles. The lowest BCUT2D eigenvalue weighted by atomic mass is 10.5. The number of nitrogen functional groups attached to an aromatic ring is 1. The Balaban J connectivity index is 0.000000366. The Labute approximate surface area is 132 Å². The zero-order chi connectivity index (χ0) is 17.0. The lowest BCUT2D eigenvalue weighted by Gasteiger charge is -2.02. The van der Waals surface area contributed by atoms with Crippen molar-refractivity contribution in [3.8, 4) is 5.88 Å². The number of nitrogens with two attached hydrogens (primary N) is 1. The van der Waals surface area contributed by atoms with Gasteiger partial charge in [-0.25, -0.2) is 14.6 Å². The average molecular weight is 309 g/mol. The van der Waals surface area contributed by atoms with E-state index in [1.165, 1.54) is 6.33 Å². The van der Waals surface area contributed by atoms with Crippen molar-refractivity contribution in [1.29, 1.82) is 0 Å². The molecule has 0 aliphatic rings. The predicted molar refractivity (Wildman–Crippen MR) is 88.9 cm³/mol. The van der Waals surface area contributed by atoms with Crippen molar-refractivity contribution in [2.75, 3.05) is 24.7 Å². The first-order valence-corrected chi connectivity index (χ1v) is 7.37. The van der Waals surface area contributed by atoms with Crippen molar-refractivity contribution in [1.82, 2.24) is 24.7 Å². The summed E-state index contributed by atoms with van der Waals surface area (Å²) >= 11 is 0. The number of aromatic nitrogens is 5. The number of nitrogens with zero attached hydrogens (tertiary/aromatic N) is 5. The predicted octanol–water partition coefficient (Wildman–Crippen LogP) is 2.13. The fourth-order valence-electron chi connectivity index (χ4n) is 1.43. The molecule has 0 atom stereocenters. The molecular formula is C14H27N7O. The second kappa shape index (κ2) is 11.3. The summed E-state index contributed by atoms with van der Waals surface area (Å²) in [6, 6.07) is 1.75. The molecule has 2 heterocycles. The van der Waals surface area contributed by atoms with Crippen molar-refractivity contribution in [3.05, 3.63) is 18.2 Å². The van der Waals surface area contributed by atoms with Gasteiger partial charge in [-0.1, -0.05) is 13.8 Å². The lowest BCUT2D eigenvalue weighted by molar-refractivity contribution is 0.397. The van der Waals surface area contributed by atoms with Gasteiger partial charge in [-0.15, -0.1) is 0 Å². The molecule has 0 amide bonds. The summed E-state index contributed by atoms with van der Waals surface area (Å²) in [7, 11) is 1.58. The van der Waals surface area contributed by atoms with Crippen molar-refractivity contribution < 1.29 is 4.74 Å². The minimum Gasteiger partial charge on any atom is -0.481 e. The SMILES string of the molecule is CC.CCNc1cc(OC)ncn1.CCn1nc(C)nc1N. The number of methoxy groups -OCH3 is 1. The quantitative estimate of drug-likeness (QED) is 0.891. The third-order valence-electron chi connectivity index (χ3n) is 2.31. The summed E-state index contributed by atoms with van der Waals surface area (Å²) in [6.07, 6.45) is 1.47. The van der Waals surface area contributed by atoms with Gasteiger partial charge in [0, 0.05) is 19.2 Å². The molecule has 0 aliphatic heterocycles. The molecule has 0 saturated heterocycles. The number of anilines is 2. The minimum absolute atomic E-state index is 0.495. The Bertz CT molecular complexity index is 528. The number of aryl methyl sites for hydroxylation is 2. The highest BCUT2D eigenvalue weighted by molar-refractivity contribution is 5.36. The van der Waals surface area contributed by atoms with E-state index in [2.05, 4.69) is 25.4 Å². The second-order valence-corrected chi connectivity index (χ2v) is 3.81. The summed E-state index contributed by atoms with van der Waals surface area (Å²) in [5, 5.41) is 7.06. The molecule has 0 saturated carbocycles. The highest BCUT2D eigenvalue weighted by Gasteiger charge is 1.98. The normalized spacial score (nSPS) is 9.00. The van der Waals surface area contributed by atoms with Crippen molar-refractivity contribution in [2.24, 2.45) is 0 Å². The molecule has 2 aromatic heterocycles. The van der Waals surface area contributed by atoms with Crippen LogP contribution in [0.1, 0.15) is 33.5 Å². The maximum Gasteiger partial charge on any atom is 0.218 e. The standard InChI is InChI=1S/C7H11N3O.C5H10N4.C2H6/c1-3-8-6-4-7(11-2)10-5-9-6;1-3-9-5(6)7-4(2)8-9;1-2/h4-5H,3H2,1-2H3,(H,8,9,10);3H2,1-2H3,(H2,6,7,8);1-2H3. The molecule has 0 unspecified atom stereocenters. The van der Waals surface area contributed by atoms with Crippen LogP contribution >= 0.6 is 0 Å². The van der Waals surface area contributed by atoms with Gasteiger partial charge < -0.3 is 15.8 Å². The topological polar surface area (TPSA) is 104 Å². The van der Waals surface area contributed by atoms with E-state index < -0.39 is 0 Å². The van der Waals surface area contributed by atoms with E-state index >= 15 is 0 Å². The zero-order valence-electron chi connectivity index (χ0n) is 14.3. The van der Waals surface area contributed by atoms with Gasteiger partial charge in [0.25, 0.3) is 0 Å². The van der Waals surface area contributed by atoms with Crippen LogP contribution in [0.5, 0.6) is 5.88 Å². The molecule has 8 nitrogen and oxygen atoms in total. The molecule has 0 spiro atoms. The molecular weight excluding hydrogens is 282 g/mol. The molecule has 3 N–H and O–H groups in total. The lowest BCUT2D eigenvalue weighted by Crippen LogP contribution is -2.02. The van der Waals surface area contributed by atoms with E-state index in [1.54, 1.807) is 17.9 Å². The van der Waals surface area contributed by atoms with Gasteiger partial charge in [0.15, 0.2) is 0 Å². The van der Waals surface area contributed by atoms with Crippen LogP contribution in [0, 0.1) is 6.92 Å². The Morgan fingerprint density at radius 2 is 1.95 bits per heavy atom. The summed E-state index contributed by atoms with van der Waals surface area (Å²) in [5.41, 5.74) is 5.44. The van der Waals surface area contributed by atoms with Crippen LogP contribution in [0.2, 0.25) is 0 Å². The molecule has 2 rings (SSSR count). The van der Waals surface area contributed by atoms with E-state index in [0.717, 1.165) is 24.7 Å². The molecule has 0 fully saturated rings. The fourth-order valence-corrected chi connectivity index (χ4v) is 1.43. The third kappa shape index (κ3) is 6.87. The van der Waals surface area contributed by atoms with Gasteiger partial charge in [-0.2, -0.15) is 10.1 Å². The van der Waals surface area contributed by atoms with Gasteiger partial charge in [-0.3, -0.25) is 0 Å². The number of ether oxygens (including phenoxy) is 1. The Morgan fingerprint density at radius 1 is 1.27 bits per heavy atom. The Morgan fingerprint density at radius 3 is 2.36 bits per heavy atom. The summed E-state index contributed by atoms with van der Waals surface area (Å²) in [4.78, 5) is 11.8. The third-order valence-corrected chi connectivity index (χ3v) is 2.31. The second-order valence-electron chi connectivity index (χ2n) is 3.81. The Hall–Kier alpha value is -2.38. The summed E-state index contributed by atoms with van der Waals surface area (Å²) in [5.74, 6) is 2.60. The number of rotatable bonds is 4. The van der Waals surface area contributed by atoms with E-state index in [4.69, 9.17) is 10.5 Å². The van der Waals surface area contributed by atoms with Gasteiger partial charge in [-0.05, 0) is 20.8 Å². The van der Waals surface area contributed by atoms with Gasteiger partial charge in [0.1, 0.15) is 18.0 Å². The first-order chi connectivity index (χ1) is 10.6. The molecule has 124 valence electrons. The molecule has 0 aliphatic carbocycles. The number of hydrogen-bond donors (Lipinski definition) is 2. The van der Waals surface area contributed by atoms with Gasteiger partial charge >= 0.3 is 0 Å². The van der Waals surface area contributed by atoms with Crippen molar-refractivity contribution >= 4 is 11.8 Å². The molecule has 0 radical (unpaired) electrons. The maximum absolute atomic E-state index is 5.44. The highest BCUT2D eigenvalue weighted by Crippen LogP contribution is 2.08. The van der Waals surface area contributed by atoms with Gasteiger partial charge in [0.05, 0.1) is 7.11 Å². The first kappa shape index (κ1) is 19.6. The first-order valence-electron chi connectivity index (χ1n) is 7.37. The van der Waals surface area contributed by atoms with Crippen molar-refractivity contribution in [3.63, 3.8) is 0 Å². The van der Waals surface area contributed by atoms with Crippen molar-refractivity contribution in [2.45, 2.75) is 41.2 Å². The van der Waals surface area contributed by atoms with E-state index in [9.17, 15) is 0 Å². The van der Waals surface area contributed by atoms with Crippen LogP contribution in [0.15, 0.2) is 12.4 Å². The number of nitrogens with one attached hydrogen (secondary N) is 1. The Kier molecular flexibility index (Phi) is 10.1. The number of hydrogen-bond acceptors (Lipinski definition) is 7. The molecule has 2 aromatic rings. The molecule has 0 bridgehead atoms. The van der Waals surface area contributed by atoms with Crippen LogP contribution in [0.3, 0.4) is 0 Å². The monoisotopic (exact) mass is 309 g/mol. The summed E-state index contributed by atoms with van der Waals surface area (Å²) < 4.78 is 6.57. The molecule has 22 heavy (non-hydrogen) atoms. The minimum atomic E-state index is 0.495. The summed E-state index contributed by atoms with van der Waals surface area (Å²) in [6.45, 7) is 11.4. The van der Waals surface area contributed by atoms with Crippen LogP contribution in [-0.2, 0) is 6.54 Å². The highest BCUT2D eigenvalue weighted by atomic mass is 16.5. The van der Waals surface area contributed by atoms with Crippen LogP contribution in [0.25, 0.3) is 0 Å². The van der Waals surface area contributed by atoms with E-state index in [1.807, 2.05) is 34.6 Å². The fraction of sp³-hybridized carbons (Fsp3) is 0.571. The average Bonchev–Trinajstić information content (AvgIpc) is 2.88. The largest absolute Gasteiger partial charge is 0.481 e.